The van der Waals surface area contributed by atoms with E-state index in [1.165, 1.54) is 0 Å². The van der Waals surface area contributed by atoms with E-state index in [1.807, 2.05) is 19.1 Å². The molecule has 1 N–H and O–H groups in total. The average molecular weight is 341 g/mol. The first-order chi connectivity index (χ1) is 11.9. The summed E-state index contributed by atoms with van der Waals surface area (Å²) in [6, 6.07) is 8.16. The molecule has 0 aliphatic heterocycles. The number of rotatable bonds is 8. The highest BCUT2D eigenvalue weighted by Crippen LogP contribution is 2.27. The maximum Gasteiger partial charge on any atom is 0.214 e. The molecule has 0 aliphatic rings. The number of hydrogen-bond donors (Lipinski definition) is 1. The number of anilines is 1. The van der Waals surface area contributed by atoms with Gasteiger partial charge in [-0.05, 0) is 50.3 Å². The Morgan fingerprint density at radius 2 is 1.72 bits per heavy atom. The summed E-state index contributed by atoms with van der Waals surface area (Å²) in [5.74, 6) is 2.19. The van der Waals surface area contributed by atoms with E-state index in [9.17, 15) is 0 Å². The zero-order valence-corrected chi connectivity index (χ0v) is 16.4. The van der Waals surface area contributed by atoms with Crippen molar-refractivity contribution in [1.82, 2.24) is 9.97 Å². The second-order valence-corrected chi connectivity index (χ2v) is 6.98. The Morgan fingerprint density at radius 3 is 2.32 bits per heavy atom. The zero-order valence-electron chi connectivity index (χ0n) is 16.4. The Bertz CT molecular complexity index is 694. The maximum atomic E-state index is 6.01. The molecule has 136 valence electrons. The van der Waals surface area contributed by atoms with E-state index < -0.39 is 0 Å². The summed E-state index contributed by atoms with van der Waals surface area (Å²) in [5.41, 5.74) is 4.11. The van der Waals surface area contributed by atoms with Gasteiger partial charge in [-0.1, -0.05) is 33.8 Å². The smallest absolute Gasteiger partial charge is 0.214 e. The lowest BCUT2D eigenvalue weighted by Crippen LogP contribution is -2.14. The lowest BCUT2D eigenvalue weighted by atomic mass is 10.1. The maximum absolute atomic E-state index is 6.01. The first-order valence-electron chi connectivity index (χ1n) is 9.30. The summed E-state index contributed by atoms with van der Waals surface area (Å²) in [6.45, 7) is 13.7. The molecule has 0 fully saturated rings. The Hall–Kier alpha value is -2.10. The number of aromatic nitrogens is 2. The van der Waals surface area contributed by atoms with Gasteiger partial charge in [0.05, 0.1) is 11.8 Å². The van der Waals surface area contributed by atoms with E-state index in [0.717, 1.165) is 47.7 Å². The normalized spacial score (nSPS) is 11.2. The predicted octanol–water partition coefficient (Wildman–Crippen LogP) is 5.40. The highest BCUT2D eigenvalue weighted by Gasteiger charge is 2.12. The molecule has 0 saturated carbocycles. The number of nitrogens with one attached hydrogen (secondary N) is 1. The molecule has 0 atom stereocenters. The molecular formula is C21H31N3O. The second kappa shape index (κ2) is 8.84. The van der Waals surface area contributed by atoms with E-state index in [1.54, 1.807) is 0 Å². The van der Waals surface area contributed by atoms with Gasteiger partial charge in [-0.25, -0.2) is 9.97 Å². The fourth-order valence-electron chi connectivity index (χ4n) is 2.69. The Labute approximate surface area is 152 Å². The summed E-state index contributed by atoms with van der Waals surface area (Å²) in [5, 5.41) is 3.37. The van der Waals surface area contributed by atoms with E-state index in [0.29, 0.717) is 11.8 Å². The molecule has 0 aromatic carbocycles. The van der Waals surface area contributed by atoms with E-state index in [2.05, 4.69) is 52.1 Å². The van der Waals surface area contributed by atoms with Gasteiger partial charge in [0.2, 0.25) is 5.88 Å². The van der Waals surface area contributed by atoms with Crippen LogP contribution in [0, 0.1) is 19.8 Å². The molecule has 25 heavy (non-hydrogen) atoms. The quantitative estimate of drug-likeness (QED) is 0.699. The van der Waals surface area contributed by atoms with Gasteiger partial charge >= 0.3 is 0 Å². The van der Waals surface area contributed by atoms with E-state index in [4.69, 9.17) is 14.7 Å². The minimum Gasteiger partial charge on any atom is -0.474 e. The number of ether oxygens (including phenoxy) is 1. The Kier molecular flexibility index (Phi) is 6.80. The molecule has 0 spiro atoms. The molecule has 0 bridgehead atoms. The van der Waals surface area contributed by atoms with Gasteiger partial charge in [-0.3, -0.25) is 0 Å². The molecule has 2 heterocycles. The van der Waals surface area contributed by atoms with Crippen LogP contribution in [0.5, 0.6) is 5.88 Å². The number of aryl methyl sites for hydroxylation is 2. The molecule has 2 aromatic heterocycles. The lowest BCUT2D eigenvalue weighted by molar-refractivity contribution is 0.185. The first kappa shape index (κ1) is 19.2. The van der Waals surface area contributed by atoms with Gasteiger partial charge in [-0.15, -0.1) is 0 Å². The molecule has 2 rings (SSSR count). The van der Waals surface area contributed by atoms with Crippen LogP contribution >= 0.6 is 0 Å². The van der Waals surface area contributed by atoms with Gasteiger partial charge in [0, 0.05) is 23.9 Å². The van der Waals surface area contributed by atoms with Crippen molar-refractivity contribution in [3.8, 4) is 17.1 Å². The summed E-state index contributed by atoms with van der Waals surface area (Å²) in [7, 11) is 0. The minimum absolute atomic E-state index is 0.213. The average Bonchev–Trinajstić information content (AvgIpc) is 2.59. The van der Waals surface area contributed by atoms with Gasteiger partial charge in [0.1, 0.15) is 5.82 Å². The molecule has 0 amide bonds. The Balaban J connectivity index is 2.28. The van der Waals surface area contributed by atoms with Gasteiger partial charge in [0.15, 0.2) is 0 Å². The van der Waals surface area contributed by atoms with E-state index >= 15 is 0 Å². The van der Waals surface area contributed by atoms with Crippen LogP contribution in [-0.4, -0.2) is 22.6 Å². The zero-order chi connectivity index (χ0) is 18.4. The lowest BCUT2D eigenvalue weighted by Gasteiger charge is -2.17. The summed E-state index contributed by atoms with van der Waals surface area (Å²) < 4.78 is 6.01. The highest BCUT2D eigenvalue weighted by atomic mass is 16.5. The Morgan fingerprint density at radius 1 is 1.00 bits per heavy atom. The highest BCUT2D eigenvalue weighted by molar-refractivity contribution is 5.67. The number of pyridine rings is 2. The standard InChI is InChI=1S/C21H31N3O/c1-7-17(8-2)25-20-12-9-15(5)21(24-20)18-10-11-19(23-16(18)6)22-13-14(3)4/h9-12,14,17H,7-8,13H2,1-6H3,(H,22,23). The van der Waals surface area contributed by atoms with Crippen LogP contribution in [0.4, 0.5) is 5.82 Å². The summed E-state index contributed by atoms with van der Waals surface area (Å²) in [4.78, 5) is 9.45. The van der Waals surface area contributed by atoms with Crippen LogP contribution in [0.2, 0.25) is 0 Å². The molecule has 0 unspecified atom stereocenters. The van der Waals surface area contributed by atoms with Crippen molar-refractivity contribution < 1.29 is 4.74 Å². The minimum atomic E-state index is 0.213. The third kappa shape index (κ3) is 5.18. The van der Waals surface area contributed by atoms with Crippen molar-refractivity contribution in [3.05, 3.63) is 35.5 Å². The van der Waals surface area contributed by atoms with Crippen LogP contribution in [-0.2, 0) is 0 Å². The van der Waals surface area contributed by atoms with Gasteiger partial charge in [0.25, 0.3) is 0 Å². The summed E-state index contributed by atoms with van der Waals surface area (Å²) >= 11 is 0. The van der Waals surface area contributed by atoms with Crippen molar-refractivity contribution in [2.75, 3.05) is 11.9 Å². The second-order valence-electron chi connectivity index (χ2n) is 6.98. The van der Waals surface area contributed by atoms with Crippen LogP contribution in [0.3, 0.4) is 0 Å². The molecule has 4 nitrogen and oxygen atoms in total. The largest absolute Gasteiger partial charge is 0.474 e. The van der Waals surface area contributed by atoms with Crippen LogP contribution < -0.4 is 10.1 Å². The van der Waals surface area contributed by atoms with Crippen molar-refractivity contribution in [1.29, 1.82) is 0 Å². The predicted molar refractivity (Wildman–Crippen MR) is 105 cm³/mol. The van der Waals surface area contributed by atoms with Gasteiger partial charge < -0.3 is 10.1 Å². The van der Waals surface area contributed by atoms with E-state index in [-0.39, 0.29) is 6.10 Å². The van der Waals surface area contributed by atoms with Crippen molar-refractivity contribution in [3.63, 3.8) is 0 Å². The van der Waals surface area contributed by atoms with Crippen LogP contribution in [0.15, 0.2) is 24.3 Å². The third-order valence-corrected chi connectivity index (χ3v) is 4.30. The van der Waals surface area contributed by atoms with Crippen molar-refractivity contribution in [2.45, 2.75) is 60.5 Å². The third-order valence-electron chi connectivity index (χ3n) is 4.30. The van der Waals surface area contributed by atoms with Crippen molar-refractivity contribution in [2.24, 2.45) is 5.92 Å². The molecule has 4 heteroatoms. The molecule has 2 aromatic rings. The number of hydrogen-bond acceptors (Lipinski definition) is 4. The van der Waals surface area contributed by atoms with Crippen molar-refractivity contribution >= 4 is 5.82 Å². The molecule has 0 aliphatic carbocycles. The SMILES string of the molecule is CCC(CC)Oc1ccc(C)c(-c2ccc(NCC(C)C)nc2C)n1. The number of nitrogens with zero attached hydrogens (tertiary/aromatic N) is 2. The van der Waals surface area contributed by atoms with Crippen LogP contribution in [0.25, 0.3) is 11.3 Å². The fourth-order valence-corrected chi connectivity index (χ4v) is 2.69. The monoisotopic (exact) mass is 341 g/mol. The fraction of sp³-hybridized carbons (Fsp3) is 0.524. The van der Waals surface area contributed by atoms with Gasteiger partial charge in [-0.2, -0.15) is 0 Å². The molecule has 0 saturated heterocycles. The molecule has 0 radical (unpaired) electrons. The first-order valence-corrected chi connectivity index (χ1v) is 9.30. The topological polar surface area (TPSA) is 47.0 Å². The summed E-state index contributed by atoms with van der Waals surface area (Å²) in [6.07, 6.45) is 2.18. The van der Waals surface area contributed by atoms with Crippen LogP contribution in [0.1, 0.15) is 51.8 Å². The molecular weight excluding hydrogens is 310 g/mol.